The number of benzene rings is 1. The van der Waals surface area contributed by atoms with Gasteiger partial charge in [-0.15, -0.1) is 0 Å². The predicted octanol–water partition coefficient (Wildman–Crippen LogP) is 3.02. The monoisotopic (exact) mass is 238 g/mol. The van der Waals surface area contributed by atoms with Crippen molar-refractivity contribution in [2.75, 3.05) is 13.2 Å². The fraction of sp³-hybridized carbons (Fsp3) is 0.571. The topological polar surface area (TPSA) is 38.7 Å². The number of rotatable bonds is 8. The van der Waals surface area contributed by atoms with Crippen molar-refractivity contribution < 1.29 is 14.6 Å². The molecule has 0 heterocycles. The van der Waals surface area contributed by atoms with Crippen molar-refractivity contribution in [3.05, 3.63) is 24.3 Å². The molecule has 96 valence electrons. The first-order valence-corrected chi connectivity index (χ1v) is 6.30. The lowest BCUT2D eigenvalue weighted by Gasteiger charge is -2.12. The van der Waals surface area contributed by atoms with E-state index in [4.69, 9.17) is 9.47 Å². The summed E-state index contributed by atoms with van der Waals surface area (Å²) in [4.78, 5) is 0. The fourth-order valence-corrected chi connectivity index (χ4v) is 1.48. The van der Waals surface area contributed by atoms with E-state index in [1.165, 1.54) is 0 Å². The highest BCUT2D eigenvalue weighted by molar-refractivity contribution is 5.32. The van der Waals surface area contributed by atoms with Gasteiger partial charge in [0.15, 0.2) is 0 Å². The van der Waals surface area contributed by atoms with Crippen molar-refractivity contribution in [1.82, 2.24) is 0 Å². The maximum absolute atomic E-state index is 9.56. The largest absolute Gasteiger partial charge is 0.493 e. The van der Waals surface area contributed by atoms with Crippen LogP contribution in [0.1, 0.15) is 33.1 Å². The van der Waals surface area contributed by atoms with Crippen LogP contribution in [0.25, 0.3) is 0 Å². The minimum absolute atomic E-state index is 0.338. The van der Waals surface area contributed by atoms with Gasteiger partial charge in [-0.2, -0.15) is 0 Å². The molecule has 0 aliphatic carbocycles. The summed E-state index contributed by atoms with van der Waals surface area (Å²) in [7, 11) is 0. The summed E-state index contributed by atoms with van der Waals surface area (Å²) in [5.41, 5.74) is 0. The van der Waals surface area contributed by atoms with Crippen LogP contribution in [0.5, 0.6) is 11.5 Å². The maximum Gasteiger partial charge on any atom is 0.123 e. The SMILES string of the molecule is CCCOc1cccc(OCC(O)CCC)c1. The highest BCUT2D eigenvalue weighted by Crippen LogP contribution is 2.19. The molecule has 0 fully saturated rings. The molecule has 1 unspecified atom stereocenters. The lowest BCUT2D eigenvalue weighted by Crippen LogP contribution is -2.16. The van der Waals surface area contributed by atoms with Gasteiger partial charge < -0.3 is 14.6 Å². The van der Waals surface area contributed by atoms with Crippen LogP contribution in [0.3, 0.4) is 0 Å². The number of hydrogen-bond donors (Lipinski definition) is 1. The lowest BCUT2D eigenvalue weighted by molar-refractivity contribution is 0.0991. The molecule has 3 nitrogen and oxygen atoms in total. The average molecular weight is 238 g/mol. The molecule has 1 aromatic carbocycles. The quantitative estimate of drug-likeness (QED) is 0.756. The van der Waals surface area contributed by atoms with Crippen LogP contribution < -0.4 is 9.47 Å². The molecule has 0 amide bonds. The molecule has 0 saturated carbocycles. The Balaban J connectivity index is 2.42. The molecular weight excluding hydrogens is 216 g/mol. The average Bonchev–Trinajstić information content (AvgIpc) is 2.35. The molecule has 0 aromatic heterocycles. The first kappa shape index (κ1) is 13.8. The number of aliphatic hydroxyl groups excluding tert-OH is 1. The Hall–Kier alpha value is -1.22. The van der Waals surface area contributed by atoms with Crippen molar-refractivity contribution >= 4 is 0 Å². The Kier molecular flexibility index (Phi) is 6.48. The summed E-state index contributed by atoms with van der Waals surface area (Å²) in [6.45, 7) is 5.16. The lowest BCUT2D eigenvalue weighted by atomic mass is 10.2. The summed E-state index contributed by atoms with van der Waals surface area (Å²) >= 11 is 0. The Morgan fingerprint density at radius 3 is 2.47 bits per heavy atom. The van der Waals surface area contributed by atoms with Crippen LogP contribution in [-0.2, 0) is 0 Å². The molecule has 17 heavy (non-hydrogen) atoms. The van der Waals surface area contributed by atoms with E-state index in [-0.39, 0.29) is 6.10 Å². The summed E-state index contributed by atoms with van der Waals surface area (Å²) in [5.74, 6) is 1.56. The van der Waals surface area contributed by atoms with E-state index in [0.717, 1.165) is 30.8 Å². The standard InChI is InChI=1S/C14H22O3/c1-3-6-12(15)11-17-14-8-5-7-13(10-14)16-9-4-2/h5,7-8,10,12,15H,3-4,6,9,11H2,1-2H3. The van der Waals surface area contributed by atoms with E-state index >= 15 is 0 Å². The van der Waals surface area contributed by atoms with Crippen LogP contribution in [-0.4, -0.2) is 24.4 Å². The molecule has 0 bridgehead atoms. The van der Waals surface area contributed by atoms with Gasteiger partial charge in [0.2, 0.25) is 0 Å². The molecule has 0 spiro atoms. The molecule has 1 rings (SSSR count). The van der Waals surface area contributed by atoms with Crippen LogP contribution >= 0.6 is 0 Å². The van der Waals surface area contributed by atoms with Gasteiger partial charge >= 0.3 is 0 Å². The molecule has 1 atom stereocenters. The van der Waals surface area contributed by atoms with Crippen LogP contribution in [0, 0.1) is 0 Å². The minimum atomic E-state index is -0.389. The Labute approximate surface area is 103 Å². The predicted molar refractivity (Wildman–Crippen MR) is 68.6 cm³/mol. The zero-order valence-electron chi connectivity index (χ0n) is 10.7. The van der Waals surface area contributed by atoms with E-state index in [0.29, 0.717) is 13.2 Å². The van der Waals surface area contributed by atoms with E-state index in [1.54, 1.807) is 0 Å². The zero-order chi connectivity index (χ0) is 12.5. The first-order valence-electron chi connectivity index (χ1n) is 6.30. The van der Waals surface area contributed by atoms with Gasteiger partial charge in [0, 0.05) is 6.07 Å². The molecule has 3 heteroatoms. The van der Waals surface area contributed by atoms with Gasteiger partial charge in [0.25, 0.3) is 0 Å². The molecule has 0 radical (unpaired) electrons. The summed E-state index contributed by atoms with van der Waals surface area (Å²) in [6.07, 6.45) is 2.33. The summed E-state index contributed by atoms with van der Waals surface area (Å²) in [6, 6.07) is 7.53. The van der Waals surface area contributed by atoms with E-state index in [1.807, 2.05) is 31.2 Å². The van der Waals surface area contributed by atoms with Crippen LogP contribution in [0.15, 0.2) is 24.3 Å². The number of aliphatic hydroxyl groups is 1. The van der Waals surface area contributed by atoms with Crippen LogP contribution in [0.4, 0.5) is 0 Å². The molecule has 0 aliphatic heterocycles. The normalized spacial score (nSPS) is 12.2. The van der Waals surface area contributed by atoms with Crippen molar-refractivity contribution in [1.29, 1.82) is 0 Å². The van der Waals surface area contributed by atoms with Crippen molar-refractivity contribution in [2.45, 2.75) is 39.2 Å². The van der Waals surface area contributed by atoms with Crippen LogP contribution in [0.2, 0.25) is 0 Å². The van der Waals surface area contributed by atoms with Gasteiger partial charge in [-0.05, 0) is 25.0 Å². The number of hydrogen-bond acceptors (Lipinski definition) is 3. The third-order valence-corrected chi connectivity index (χ3v) is 2.34. The summed E-state index contributed by atoms with van der Waals surface area (Å²) < 4.78 is 11.0. The van der Waals surface area contributed by atoms with Gasteiger partial charge in [-0.1, -0.05) is 26.3 Å². The Morgan fingerprint density at radius 1 is 1.12 bits per heavy atom. The summed E-state index contributed by atoms with van der Waals surface area (Å²) in [5, 5.41) is 9.56. The maximum atomic E-state index is 9.56. The van der Waals surface area contributed by atoms with E-state index in [9.17, 15) is 5.11 Å². The van der Waals surface area contributed by atoms with Crippen molar-refractivity contribution in [3.8, 4) is 11.5 Å². The molecular formula is C14H22O3. The minimum Gasteiger partial charge on any atom is -0.493 e. The van der Waals surface area contributed by atoms with E-state index in [2.05, 4.69) is 6.92 Å². The van der Waals surface area contributed by atoms with E-state index < -0.39 is 0 Å². The first-order chi connectivity index (χ1) is 8.26. The van der Waals surface area contributed by atoms with Crippen molar-refractivity contribution in [3.63, 3.8) is 0 Å². The highest BCUT2D eigenvalue weighted by Gasteiger charge is 2.04. The molecule has 0 saturated heterocycles. The second-order valence-electron chi connectivity index (χ2n) is 4.08. The second-order valence-corrected chi connectivity index (χ2v) is 4.08. The van der Waals surface area contributed by atoms with Gasteiger partial charge in [0.05, 0.1) is 12.7 Å². The van der Waals surface area contributed by atoms with Gasteiger partial charge in [-0.25, -0.2) is 0 Å². The molecule has 1 aromatic rings. The Morgan fingerprint density at radius 2 is 1.82 bits per heavy atom. The molecule has 1 N–H and O–H groups in total. The third-order valence-electron chi connectivity index (χ3n) is 2.34. The number of ether oxygens (including phenoxy) is 2. The third kappa shape index (κ3) is 5.59. The Bertz CT molecular complexity index is 312. The van der Waals surface area contributed by atoms with Gasteiger partial charge in [0.1, 0.15) is 18.1 Å². The smallest absolute Gasteiger partial charge is 0.123 e. The van der Waals surface area contributed by atoms with Crippen molar-refractivity contribution in [2.24, 2.45) is 0 Å². The highest BCUT2D eigenvalue weighted by atomic mass is 16.5. The zero-order valence-corrected chi connectivity index (χ0v) is 10.7. The molecule has 0 aliphatic rings. The fourth-order valence-electron chi connectivity index (χ4n) is 1.48. The second kappa shape index (κ2) is 7.96. The van der Waals surface area contributed by atoms with Gasteiger partial charge in [-0.3, -0.25) is 0 Å².